The lowest BCUT2D eigenvalue weighted by molar-refractivity contribution is -0.671. The first-order chi connectivity index (χ1) is 16.1. The summed E-state index contributed by atoms with van der Waals surface area (Å²) in [7, 11) is -2.41. The Morgan fingerprint density at radius 3 is 1.91 bits per heavy atom. The molecule has 0 aliphatic carbocycles. The average molecular weight is 485 g/mol. The monoisotopic (exact) mass is 484 g/mol. The summed E-state index contributed by atoms with van der Waals surface area (Å²) in [5, 5.41) is 0. The molecular weight excluding hydrogens is 455 g/mol. The van der Waals surface area contributed by atoms with E-state index < -0.39 is 20.8 Å². The van der Waals surface area contributed by atoms with Gasteiger partial charge >= 0.3 is 0 Å². The summed E-state index contributed by atoms with van der Waals surface area (Å²) in [5.74, 6) is -0.572. The van der Waals surface area contributed by atoms with E-state index in [1.54, 1.807) is 0 Å². The molecule has 1 aromatic heterocycles. The van der Waals surface area contributed by atoms with Gasteiger partial charge in [-0.2, -0.15) is 0 Å². The predicted molar refractivity (Wildman–Crippen MR) is 130 cm³/mol. The van der Waals surface area contributed by atoms with Crippen LogP contribution in [-0.4, -0.2) is 38.3 Å². The first-order valence-corrected chi connectivity index (χ1v) is 12.4. The molecule has 1 aliphatic heterocycles. The minimum absolute atomic E-state index is 0.290. The van der Waals surface area contributed by atoms with Gasteiger partial charge in [-0.25, -0.2) is 17.4 Å². The van der Waals surface area contributed by atoms with Gasteiger partial charge in [-0.15, -0.1) is 0 Å². The van der Waals surface area contributed by atoms with Crippen molar-refractivity contribution >= 4 is 28.0 Å². The standard InChI is InChI=1S/C20H25N2O.C6H5FO3S/c1-16-14-22(15-17(2)23-16)20-8-6-18(7-9-20)4-5-19-10-12-21(3)13-11-19;7-5-1-3-6(4-2-5)11(8,9)10/h4-13,16-17H,14-15H2,1-3H3;1-4H,(H,8,9,10)/q+1;/p-1. The van der Waals surface area contributed by atoms with E-state index in [0.29, 0.717) is 0 Å². The highest BCUT2D eigenvalue weighted by Gasteiger charge is 2.22. The molecule has 2 aromatic carbocycles. The van der Waals surface area contributed by atoms with E-state index in [0.717, 1.165) is 37.4 Å². The number of aromatic nitrogens is 1. The van der Waals surface area contributed by atoms with Crippen molar-refractivity contribution < 1.29 is 26.7 Å². The zero-order valence-electron chi connectivity index (χ0n) is 19.5. The summed E-state index contributed by atoms with van der Waals surface area (Å²) < 4.78 is 50.8. The van der Waals surface area contributed by atoms with Gasteiger partial charge in [-0.3, -0.25) is 0 Å². The summed E-state index contributed by atoms with van der Waals surface area (Å²) in [4.78, 5) is 1.99. The summed E-state index contributed by atoms with van der Waals surface area (Å²) in [6.07, 6.45) is 9.00. The minimum Gasteiger partial charge on any atom is -0.744 e. The normalized spacial score (nSPS) is 18.4. The van der Waals surface area contributed by atoms with E-state index in [-0.39, 0.29) is 12.2 Å². The van der Waals surface area contributed by atoms with Crippen molar-refractivity contribution in [3.05, 3.63) is 90.0 Å². The Morgan fingerprint density at radius 2 is 1.41 bits per heavy atom. The number of anilines is 1. The number of rotatable bonds is 4. The van der Waals surface area contributed by atoms with Crippen LogP contribution in [0.15, 0.2) is 78.0 Å². The molecular formula is C26H29FN2O4S. The van der Waals surface area contributed by atoms with Crippen molar-refractivity contribution in [1.29, 1.82) is 0 Å². The summed E-state index contributed by atoms with van der Waals surface area (Å²) in [6.45, 7) is 6.19. The molecule has 3 aromatic rings. The molecule has 0 saturated carbocycles. The van der Waals surface area contributed by atoms with Gasteiger partial charge in [0.15, 0.2) is 12.4 Å². The number of hydrogen-bond acceptors (Lipinski definition) is 5. The zero-order chi connectivity index (χ0) is 24.7. The van der Waals surface area contributed by atoms with Gasteiger partial charge in [0.05, 0.1) is 17.1 Å². The number of nitrogens with zero attached hydrogens (tertiary/aromatic N) is 2. The second kappa shape index (κ2) is 11.4. The van der Waals surface area contributed by atoms with Crippen LogP contribution in [0.5, 0.6) is 0 Å². The molecule has 2 heterocycles. The summed E-state index contributed by atoms with van der Waals surface area (Å²) in [6, 6.07) is 16.7. The highest BCUT2D eigenvalue weighted by molar-refractivity contribution is 7.85. The smallest absolute Gasteiger partial charge is 0.169 e. The van der Waals surface area contributed by atoms with Crippen LogP contribution in [-0.2, 0) is 21.9 Å². The molecule has 180 valence electrons. The van der Waals surface area contributed by atoms with Crippen LogP contribution >= 0.6 is 0 Å². The zero-order valence-corrected chi connectivity index (χ0v) is 20.3. The van der Waals surface area contributed by atoms with Crippen molar-refractivity contribution in [2.45, 2.75) is 31.0 Å². The molecule has 2 unspecified atom stereocenters. The van der Waals surface area contributed by atoms with Crippen LogP contribution in [0, 0.1) is 5.82 Å². The maximum absolute atomic E-state index is 12.2. The third kappa shape index (κ3) is 7.76. The summed E-state index contributed by atoms with van der Waals surface area (Å²) in [5.41, 5.74) is 3.70. The Labute approximate surface area is 200 Å². The molecule has 4 rings (SSSR count). The Kier molecular flexibility index (Phi) is 8.55. The van der Waals surface area contributed by atoms with Gasteiger partial charge in [0.25, 0.3) is 0 Å². The van der Waals surface area contributed by atoms with Crippen LogP contribution in [0.2, 0.25) is 0 Å². The molecule has 0 N–H and O–H groups in total. The average Bonchev–Trinajstić information content (AvgIpc) is 2.78. The Bertz CT molecular complexity index is 1190. The molecule has 0 spiro atoms. The van der Waals surface area contributed by atoms with Gasteiger partial charge in [0.1, 0.15) is 23.0 Å². The molecule has 0 radical (unpaired) electrons. The quantitative estimate of drug-likeness (QED) is 0.413. The maximum atomic E-state index is 12.2. The highest BCUT2D eigenvalue weighted by atomic mass is 32.2. The largest absolute Gasteiger partial charge is 0.744 e. The first kappa shape index (κ1) is 25.6. The van der Waals surface area contributed by atoms with E-state index >= 15 is 0 Å². The fourth-order valence-electron chi connectivity index (χ4n) is 3.60. The molecule has 34 heavy (non-hydrogen) atoms. The van der Waals surface area contributed by atoms with Crippen LogP contribution in [0.3, 0.4) is 0 Å². The highest BCUT2D eigenvalue weighted by Crippen LogP contribution is 2.21. The lowest BCUT2D eigenvalue weighted by Gasteiger charge is -2.36. The first-order valence-electron chi connectivity index (χ1n) is 11.0. The fourth-order valence-corrected chi connectivity index (χ4v) is 4.07. The number of pyridine rings is 1. The van der Waals surface area contributed by atoms with E-state index in [2.05, 4.69) is 79.7 Å². The van der Waals surface area contributed by atoms with Gasteiger partial charge < -0.3 is 14.2 Å². The van der Waals surface area contributed by atoms with Crippen molar-refractivity contribution in [2.75, 3.05) is 18.0 Å². The van der Waals surface area contributed by atoms with Crippen molar-refractivity contribution in [1.82, 2.24) is 0 Å². The SMILES string of the molecule is CC1CN(c2ccc(C=Cc3cc[n+](C)cc3)cc2)CC(C)O1.O=S(=O)([O-])c1ccc(F)cc1. The van der Waals surface area contributed by atoms with E-state index in [1.165, 1.54) is 16.8 Å². The molecule has 8 heteroatoms. The Morgan fingerprint density at radius 1 is 0.912 bits per heavy atom. The molecule has 6 nitrogen and oxygen atoms in total. The second-order valence-corrected chi connectivity index (χ2v) is 9.67. The molecule has 0 bridgehead atoms. The second-order valence-electron chi connectivity index (χ2n) is 8.29. The van der Waals surface area contributed by atoms with E-state index in [4.69, 9.17) is 4.74 Å². The molecule has 1 aliphatic rings. The van der Waals surface area contributed by atoms with Crippen molar-refractivity contribution in [3.8, 4) is 0 Å². The molecule has 0 amide bonds. The number of aryl methyl sites for hydroxylation is 1. The third-order valence-electron chi connectivity index (χ3n) is 5.25. The molecule has 1 saturated heterocycles. The van der Waals surface area contributed by atoms with Gasteiger partial charge in [-0.1, -0.05) is 24.3 Å². The fraction of sp³-hybridized carbons (Fsp3) is 0.269. The number of benzene rings is 2. The number of ether oxygens (including phenoxy) is 1. The van der Waals surface area contributed by atoms with Gasteiger partial charge in [0, 0.05) is 30.9 Å². The minimum atomic E-state index is -4.44. The van der Waals surface area contributed by atoms with Crippen molar-refractivity contribution in [2.24, 2.45) is 7.05 Å². The number of hydrogen-bond donors (Lipinski definition) is 0. The topological polar surface area (TPSA) is 73.5 Å². The van der Waals surface area contributed by atoms with Gasteiger partial charge in [-0.05, 0) is 61.4 Å². The number of halogens is 1. The van der Waals surface area contributed by atoms with Crippen LogP contribution in [0.4, 0.5) is 10.1 Å². The van der Waals surface area contributed by atoms with Crippen LogP contribution < -0.4 is 9.47 Å². The molecule has 2 atom stereocenters. The Balaban J connectivity index is 0.000000248. The third-order valence-corrected chi connectivity index (χ3v) is 6.10. The number of morpholine rings is 1. The van der Waals surface area contributed by atoms with Gasteiger partial charge in [0.2, 0.25) is 0 Å². The predicted octanol–water partition coefficient (Wildman–Crippen LogP) is 4.02. The lowest BCUT2D eigenvalue weighted by atomic mass is 10.1. The van der Waals surface area contributed by atoms with E-state index in [9.17, 15) is 17.4 Å². The Hall–Kier alpha value is -3.07. The van der Waals surface area contributed by atoms with Crippen LogP contribution in [0.25, 0.3) is 12.2 Å². The van der Waals surface area contributed by atoms with E-state index in [1.807, 2.05) is 11.6 Å². The maximum Gasteiger partial charge on any atom is 0.169 e. The molecule has 1 fully saturated rings. The van der Waals surface area contributed by atoms with Crippen LogP contribution in [0.1, 0.15) is 25.0 Å². The van der Waals surface area contributed by atoms with Crippen molar-refractivity contribution in [3.63, 3.8) is 0 Å². The lowest BCUT2D eigenvalue weighted by Crippen LogP contribution is -2.45. The summed E-state index contributed by atoms with van der Waals surface area (Å²) >= 11 is 0.